The first-order valence-electron chi connectivity index (χ1n) is 14.4. The van der Waals surface area contributed by atoms with Crippen molar-refractivity contribution in [2.24, 2.45) is 11.8 Å². The molecule has 2 saturated carbocycles. The summed E-state index contributed by atoms with van der Waals surface area (Å²) < 4.78 is 22.4. The van der Waals surface area contributed by atoms with Crippen molar-refractivity contribution in [1.29, 1.82) is 0 Å². The third-order valence-electron chi connectivity index (χ3n) is 8.53. The number of aliphatic hydroxyl groups is 3. The highest BCUT2D eigenvalue weighted by atomic mass is 16.6. The van der Waals surface area contributed by atoms with Gasteiger partial charge in [0.1, 0.15) is 6.79 Å². The molecule has 9 nitrogen and oxygen atoms in total. The first-order chi connectivity index (χ1) is 19.3. The lowest BCUT2D eigenvalue weighted by molar-refractivity contribution is -0.136. The van der Waals surface area contributed by atoms with E-state index in [9.17, 15) is 25.5 Å². The van der Waals surface area contributed by atoms with Crippen molar-refractivity contribution in [1.82, 2.24) is 0 Å². The molecule has 0 radical (unpaired) electrons. The molecular formula is C31H44O9. The van der Waals surface area contributed by atoms with Gasteiger partial charge in [-0.25, -0.2) is 0 Å². The van der Waals surface area contributed by atoms with Gasteiger partial charge in [0, 0.05) is 11.8 Å². The maximum atomic E-state index is 11.4. The zero-order valence-corrected chi connectivity index (χ0v) is 23.5. The van der Waals surface area contributed by atoms with Gasteiger partial charge >= 0.3 is 0 Å². The van der Waals surface area contributed by atoms with Crippen LogP contribution in [-0.2, 0) is 17.6 Å². The second kappa shape index (κ2) is 14.3. The number of rotatable bonds is 12. The van der Waals surface area contributed by atoms with Crippen molar-refractivity contribution in [3.8, 4) is 28.7 Å². The Balaban J connectivity index is 1.45. The molecule has 0 amide bonds. The van der Waals surface area contributed by atoms with Crippen LogP contribution < -0.4 is 14.2 Å². The van der Waals surface area contributed by atoms with Crippen LogP contribution in [0.4, 0.5) is 0 Å². The van der Waals surface area contributed by atoms with Crippen LogP contribution in [0.3, 0.4) is 0 Å². The van der Waals surface area contributed by atoms with Gasteiger partial charge in [0.25, 0.3) is 0 Å². The lowest BCUT2D eigenvalue weighted by Crippen LogP contribution is -2.48. The quantitative estimate of drug-likeness (QED) is 0.243. The Morgan fingerprint density at radius 2 is 1.52 bits per heavy atom. The van der Waals surface area contributed by atoms with E-state index in [1.165, 1.54) is 20.6 Å². The number of aryl methyl sites for hydroxylation is 1. The molecule has 0 bridgehead atoms. The molecule has 0 aromatic heterocycles. The number of methoxy groups -OCH3 is 2. The minimum atomic E-state index is -0.879. The maximum Gasteiger partial charge on any atom is 0.200 e. The van der Waals surface area contributed by atoms with E-state index in [0.29, 0.717) is 37.9 Å². The summed E-state index contributed by atoms with van der Waals surface area (Å²) in [6.45, 7) is -0.473. The minimum absolute atomic E-state index is 0.102. The molecule has 0 heterocycles. The van der Waals surface area contributed by atoms with Gasteiger partial charge in [-0.15, -0.1) is 0 Å². The Hall–Kier alpha value is -2.72. The summed E-state index contributed by atoms with van der Waals surface area (Å²) in [5.74, 6) is 0.252. The van der Waals surface area contributed by atoms with Crippen LogP contribution in [0.5, 0.6) is 28.7 Å². The molecule has 40 heavy (non-hydrogen) atoms. The van der Waals surface area contributed by atoms with E-state index in [1.807, 2.05) is 12.1 Å². The van der Waals surface area contributed by atoms with Gasteiger partial charge in [-0.3, -0.25) is 0 Å². The lowest BCUT2D eigenvalue weighted by Gasteiger charge is -2.41. The van der Waals surface area contributed by atoms with E-state index in [2.05, 4.69) is 0 Å². The third-order valence-corrected chi connectivity index (χ3v) is 8.53. The average Bonchev–Trinajstić information content (AvgIpc) is 2.96. The van der Waals surface area contributed by atoms with Crippen LogP contribution in [0.25, 0.3) is 0 Å². The molecule has 2 fully saturated rings. The average molecular weight is 561 g/mol. The van der Waals surface area contributed by atoms with Crippen molar-refractivity contribution in [3.63, 3.8) is 0 Å². The standard InChI is InChI=1S/C31H44O9/c1-37-28-16-20(17-29(38-2)31(28)36)14-23-24(33)12-10-22(30(23)35)26(39-18-32)13-9-19-8-11-25(34)27(15-19)40-21-6-4-3-5-7-21/h8,11,15-17,21-24,26,30,32-36H,3-7,9-10,12-14,18H2,1-2H3/t22-,23+,24+,26+,30-/m1/s1. The first-order valence-corrected chi connectivity index (χ1v) is 14.4. The highest BCUT2D eigenvalue weighted by Gasteiger charge is 2.41. The predicted molar refractivity (Wildman–Crippen MR) is 149 cm³/mol. The van der Waals surface area contributed by atoms with Crippen molar-refractivity contribution in [2.75, 3.05) is 21.0 Å². The summed E-state index contributed by atoms with van der Waals surface area (Å²) in [5, 5.41) is 52.5. The summed E-state index contributed by atoms with van der Waals surface area (Å²) in [5.41, 5.74) is 1.73. The number of aliphatic hydroxyl groups excluding tert-OH is 3. The molecule has 0 saturated heterocycles. The number of ether oxygens (including phenoxy) is 4. The smallest absolute Gasteiger partial charge is 0.200 e. The van der Waals surface area contributed by atoms with Gasteiger partial charge in [-0.2, -0.15) is 0 Å². The molecule has 4 rings (SSSR count). The number of phenolic OH excluding ortho intramolecular Hbond substituents is 2. The summed E-state index contributed by atoms with van der Waals surface area (Å²) in [6, 6.07) is 8.74. The fourth-order valence-corrected chi connectivity index (χ4v) is 6.29. The maximum absolute atomic E-state index is 11.4. The Morgan fingerprint density at radius 3 is 2.17 bits per heavy atom. The Kier molecular flexibility index (Phi) is 10.8. The summed E-state index contributed by atoms with van der Waals surface area (Å²) in [6.07, 6.45) is 6.10. The van der Waals surface area contributed by atoms with E-state index >= 15 is 0 Å². The van der Waals surface area contributed by atoms with Crippen LogP contribution in [0.1, 0.15) is 62.5 Å². The fourth-order valence-electron chi connectivity index (χ4n) is 6.29. The van der Waals surface area contributed by atoms with Crippen molar-refractivity contribution in [3.05, 3.63) is 41.5 Å². The monoisotopic (exact) mass is 560 g/mol. The molecule has 0 aliphatic heterocycles. The van der Waals surface area contributed by atoms with Gasteiger partial charge in [-0.05, 0) is 93.2 Å². The Labute approximate surface area is 236 Å². The Morgan fingerprint density at radius 1 is 0.850 bits per heavy atom. The molecule has 2 aromatic rings. The molecular weight excluding hydrogens is 516 g/mol. The van der Waals surface area contributed by atoms with Gasteiger partial charge in [0.15, 0.2) is 23.0 Å². The van der Waals surface area contributed by atoms with Crippen molar-refractivity contribution < 1.29 is 44.5 Å². The molecule has 222 valence electrons. The van der Waals surface area contributed by atoms with Crippen molar-refractivity contribution >= 4 is 0 Å². The summed E-state index contributed by atoms with van der Waals surface area (Å²) in [4.78, 5) is 0. The zero-order valence-electron chi connectivity index (χ0n) is 23.5. The predicted octanol–water partition coefficient (Wildman–Crippen LogP) is 4.08. The van der Waals surface area contributed by atoms with Crippen LogP contribution in [-0.4, -0.2) is 71.0 Å². The second-order valence-corrected chi connectivity index (χ2v) is 11.1. The van der Waals surface area contributed by atoms with Gasteiger partial charge in [0.2, 0.25) is 5.75 Å². The zero-order chi connectivity index (χ0) is 28.6. The fraction of sp³-hybridized carbons (Fsp3) is 0.613. The van der Waals surface area contributed by atoms with E-state index in [1.54, 1.807) is 18.2 Å². The van der Waals surface area contributed by atoms with Gasteiger partial charge < -0.3 is 44.5 Å². The van der Waals surface area contributed by atoms with Crippen molar-refractivity contribution in [2.45, 2.75) is 88.6 Å². The number of hydrogen-bond donors (Lipinski definition) is 5. The normalized spacial score (nSPS) is 24.4. The highest BCUT2D eigenvalue weighted by Crippen LogP contribution is 2.41. The van der Waals surface area contributed by atoms with Gasteiger partial charge in [-0.1, -0.05) is 12.5 Å². The molecule has 0 spiro atoms. The molecule has 0 unspecified atom stereocenters. The summed E-state index contributed by atoms with van der Waals surface area (Å²) >= 11 is 0. The third kappa shape index (κ3) is 7.32. The first kappa shape index (κ1) is 30.2. The molecule has 5 N–H and O–H groups in total. The van der Waals surface area contributed by atoms with Gasteiger partial charge in [0.05, 0.1) is 38.6 Å². The molecule has 9 heteroatoms. The van der Waals surface area contributed by atoms with E-state index < -0.39 is 31.0 Å². The molecule has 2 aliphatic carbocycles. The molecule has 2 aromatic carbocycles. The lowest BCUT2D eigenvalue weighted by atomic mass is 9.71. The van der Waals surface area contributed by atoms with Crippen LogP contribution in [0, 0.1) is 11.8 Å². The number of benzene rings is 2. The number of hydrogen-bond acceptors (Lipinski definition) is 9. The Bertz CT molecular complexity index is 1060. The van der Waals surface area contributed by atoms with Crippen LogP contribution in [0.2, 0.25) is 0 Å². The van der Waals surface area contributed by atoms with E-state index in [-0.39, 0.29) is 35.0 Å². The minimum Gasteiger partial charge on any atom is -0.504 e. The number of aromatic hydroxyl groups is 2. The van der Waals surface area contributed by atoms with Crippen LogP contribution in [0.15, 0.2) is 30.3 Å². The number of phenols is 2. The summed E-state index contributed by atoms with van der Waals surface area (Å²) in [7, 11) is 2.91. The second-order valence-electron chi connectivity index (χ2n) is 11.1. The highest BCUT2D eigenvalue weighted by molar-refractivity contribution is 5.53. The van der Waals surface area contributed by atoms with Crippen LogP contribution >= 0.6 is 0 Å². The molecule has 5 atom stereocenters. The molecule has 2 aliphatic rings. The van der Waals surface area contributed by atoms with E-state index in [4.69, 9.17) is 18.9 Å². The topological polar surface area (TPSA) is 138 Å². The van der Waals surface area contributed by atoms with E-state index in [0.717, 1.165) is 36.8 Å². The largest absolute Gasteiger partial charge is 0.504 e. The SMILES string of the molecule is COc1cc(C[C@@H]2[C@H](O)[C@@H]([C@H](CCc3ccc(O)c(OC4CCCCC4)c3)OCO)CC[C@@H]2O)cc(OC)c1O.